The Hall–Kier alpha value is -2.45. The summed E-state index contributed by atoms with van der Waals surface area (Å²) in [5.74, 6) is -2.24. The van der Waals surface area contributed by atoms with Crippen LogP contribution in [0.4, 0.5) is 5.69 Å². The highest BCUT2D eigenvalue weighted by Crippen LogP contribution is 2.63. The van der Waals surface area contributed by atoms with Crippen molar-refractivity contribution in [2.24, 2.45) is 11.8 Å². The third-order valence-corrected chi connectivity index (χ3v) is 8.48. The Morgan fingerprint density at radius 2 is 1.85 bits per heavy atom. The highest BCUT2D eigenvalue weighted by atomic mass is 16.5. The largest absolute Gasteiger partial charge is 0.394 e. The van der Waals surface area contributed by atoms with Crippen LogP contribution < -0.4 is 10.6 Å². The van der Waals surface area contributed by atoms with Gasteiger partial charge >= 0.3 is 0 Å². The van der Waals surface area contributed by atoms with Crippen molar-refractivity contribution in [3.05, 3.63) is 30.3 Å². The van der Waals surface area contributed by atoms with E-state index in [1.807, 2.05) is 25.1 Å². The van der Waals surface area contributed by atoms with E-state index in [0.717, 1.165) is 25.7 Å². The van der Waals surface area contributed by atoms with Crippen LogP contribution in [0.15, 0.2) is 30.3 Å². The molecule has 8 nitrogen and oxygen atoms in total. The van der Waals surface area contributed by atoms with E-state index in [-0.39, 0.29) is 30.4 Å². The topological polar surface area (TPSA) is 108 Å². The van der Waals surface area contributed by atoms with Gasteiger partial charge in [0.1, 0.15) is 11.6 Å². The molecule has 0 aromatic heterocycles. The van der Waals surface area contributed by atoms with Crippen LogP contribution in [0.1, 0.15) is 58.8 Å². The molecule has 4 fully saturated rings. The number of anilines is 1. The average Bonchev–Trinajstić information content (AvgIpc) is 3.40. The normalized spacial score (nSPS) is 35.8. The number of aliphatic hydroxyl groups excluding tert-OH is 1. The number of carbonyl (C=O) groups is 3. The second kappa shape index (κ2) is 8.64. The van der Waals surface area contributed by atoms with Crippen LogP contribution in [0.25, 0.3) is 0 Å². The molecular weight excluding hydrogens is 434 g/mol. The van der Waals surface area contributed by atoms with E-state index >= 15 is 0 Å². The van der Waals surface area contributed by atoms with Crippen molar-refractivity contribution < 1.29 is 24.2 Å². The summed E-state index contributed by atoms with van der Waals surface area (Å²) in [5, 5.41) is 16.1. The van der Waals surface area contributed by atoms with Crippen LogP contribution in [0.3, 0.4) is 0 Å². The molecule has 2 unspecified atom stereocenters. The Morgan fingerprint density at radius 3 is 2.53 bits per heavy atom. The van der Waals surface area contributed by atoms with Gasteiger partial charge in [-0.2, -0.15) is 0 Å². The number of ether oxygens (including phenoxy) is 1. The summed E-state index contributed by atoms with van der Waals surface area (Å²) in [6, 6.07) is 7.84. The lowest BCUT2D eigenvalue weighted by atomic mass is 9.66. The third-order valence-electron chi connectivity index (χ3n) is 8.48. The number of rotatable bonds is 6. The summed E-state index contributed by atoms with van der Waals surface area (Å²) in [5.41, 5.74) is -1.23. The number of fused-ring (bicyclic) bond motifs is 1. The smallest absolute Gasteiger partial charge is 0.246 e. The molecule has 3 amide bonds. The van der Waals surface area contributed by atoms with E-state index < -0.39 is 35.1 Å². The van der Waals surface area contributed by atoms with Gasteiger partial charge in [0.05, 0.1) is 30.1 Å². The molecule has 1 saturated carbocycles. The number of carbonyl (C=O) groups excluding carboxylic acids is 3. The minimum absolute atomic E-state index is 0.0875. The maximum atomic E-state index is 13.9. The van der Waals surface area contributed by atoms with Gasteiger partial charge in [-0.15, -0.1) is 0 Å². The summed E-state index contributed by atoms with van der Waals surface area (Å²) in [4.78, 5) is 42.6. The van der Waals surface area contributed by atoms with Crippen LogP contribution >= 0.6 is 0 Å². The molecule has 3 aliphatic heterocycles. The summed E-state index contributed by atoms with van der Waals surface area (Å²) < 4.78 is 6.60. The van der Waals surface area contributed by atoms with Gasteiger partial charge in [-0.1, -0.05) is 37.5 Å². The highest BCUT2D eigenvalue weighted by Gasteiger charge is 2.78. The average molecular weight is 470 g/mol. The Morgan fingerprint density at radius 1 is 1.15 bits per heavy atom. The summed E-state index contributed by atoms with van der Waals surface area (Å²) >= 11 is 0. The zero-order chi connectivity index (χ0) is 24.1. The highest BCUT2D eigenvalue weighted by molar-refractivity contribution is 6.02. The molecule has 3 heterocycles. The second-order valence-electron chi connectivity index (χ2n) is 10.7. The fourth-order valence-electron chi connectivity index (χ4n) is 6.89. The minimum Gasteiger partial charge on any atom is -0.394 e. The predicted octanol–water partition coefficient (Wildman–Crippen LogP) is 2.22. The first-order chi connectivity index (χ1) is 16.3. The van der Waals surface area contributed by atoms with E-state index in [1.54, 1.807) is 19.1 Å². The van der Waals surface area contributed by atoms with Crippen LogP contribution in [0.2, 0.25) is 0 Å². The molecule has 1 aliphatic carbocycles. The Labute approximate surface area is 200 Å². The maximum absolute atomic E-state index is 13.9. The summed E-state index contributed by atoms with van der Waals surface area (Å²) in [6.45, 7) is 3.36. The zero-order valence-corrected chi connectivity index (χ0v) is 20.0. The van der Waals surface area contributed by atoms with E-state index in [9.17, 15) is 19.5 Å². The van der Waals surface area contributed by atoms with Gasteiger partial charge < -0.3 is 25.4 Å². The molecule has 1 spiro atoms. The van der Waals surface area contributed by atoms with Gasteiger partial charge in [-0.3, -0.25) is 14.4 Å². The van der Waals surface area contributed by atoms with Crippen molar-refractivity contribution in [1.82, 2.24) is 10.2 Å². The van der Waals surface area contributed by atoms with Crippen LogP contribution in [-0.2, 0) is 19.1 Å². The first-order valence-electron chi connectivity index (χ1n) is 12.6. The van der Waals surface area contributed by atoms with Gasteiger partial charge in [-0.05, 0) is 51.7 Å². The number of amides is 3. The molecule has 1 aromatic rings. The number of nitrogens with zero attached hydrogens (tertiary/aromatic N) is 1. The molecule has 8 heteroatoms. The molecule has 4 aliphatic rings. The van der Waals surface area contributed by atoms with Crippen molar-refractivity contribution in [1.29, 1.82) is 0 Å². The summed E-state index contributed by atoms with van der Waals surface area (Å²) in [7, 11) is 0. The number of likely N-dealkylation sites (tertiary alicyclic amines) is 1. The standard InChI is InChI=1S/C26H35N3O5/c1-16(15-30)29-21(23(32)28-18-11-7-4-8-12-18)26-14-13-25(2,34-26)19(20(26)24(29)33)22(31)27-17-9-5-3-6-10-17/h3,5-6,9-10,16,18-21,30H,4,7-8,11-15H2,1-2H3,(H,27,31)(H,28,32)/t16-,19+,20+,21?,25-,26?/m1/s1. The van der Waals surface area contributed by atoms with E-state index in [1.165, 1.54) is 11.3 Å². The molecule has 1 aromatic carbocycles. The Balaban J connectivity index is 1.48. The summed E-state index contributed by atoms with van der Waals surface area (Å²) in [6.07, 6.45) is 6.32. The lowest BCUT2D eigenvalue weighted by molar-refractivity contribution is -0.148. The van der Waals surface area contributed by atoms with Gasteiger partial charge in [0.15, 0.2) is 0 Å². The van der Waals surface area contributed by atoms with Gasteiger partial charge in [-0.25, -0.2) is 0 Å². The van der Waals surface area contributed by atoms with Gasteiger partial charge in [0, 0.05) is 11.7 Å². The molecule has 3 N–H and O–H groups in total. The van der Waals surface area contributed by atoms with Crippen molar-refractivity contribution in [3.8, 4) is 0 Å². The first kappa shape index (κ1) is 23.3. The van der Waals surface area contributed by atoms with E-state index in [4.69, 9.17) is 4.74 Å². The van der Waals surface area contributed by atoms with Gasteiger partial charge in [0.2, 0.25) is 17.7 Å². The third kappa shape index (κ3) is 3.53. The molecule has 2 bridgehead atoms. The van der Waals surface area contributed by atoms with Crippen LogP contribution in [0, 0.1) is 11.8 Å². The van der Waals surface area contributed by atoms with Crippen LogP contribution in [0.5, 0.6) is 0 Å². The number of hydrogen-bond acceptors (Lipinski definition) is 5. The minimum atomic E-state index is -1.06. The second-order valence-corrected chi connectivity index (χ2v) is 10.7. The Kier molecular flexibility index (Phi) is 5.92. The van der Waals surface area contributed by atoms with Crippen molar-refractivity contribution in [2.75, 3.05) is 11.9 Å². The van der Waals surface area contributed by atoms with Gasteiger partial charge in [0.25, 0.3) is 0 Å². The molecule has 34 heavy (non-hydrogen) atoms. The first-order valence-corrected chi connectivity index (χ1v) is 12.6. The van der Waals surface area contributed by atoms with Crippen molar-refractivity contribution in [3.63, 3.8) is 0 Å². The lowest BCUT2D eigenvalue weighted by Gasteiger charge is -2.37. The predicted molar refractivity (Wildman–Crippen MR) is 126 cm³/mol. The monoisotopic (exact) mass is 469 g/mol. The molecule has 6 atom stereocenters. The van der Waals surface area contributed by atoms with Crippen molar-refractivity contribution >= 4 is 23.4 Å². The SMILES string of the molecule is C[C@H](CO)N1C(=O)[C@@H]2[C@@H](C(=O)Nc3ccccc3)[C@@]3(C)CCC2(O3)C1C(=O)NC1CCCCC1. The van der Waals surface area contributed by atoms with Crippen molar-refractivity contribution in [2.45, 2.75) is 88.1 Å². The van der Waals surface area contributed by atoms with Crippen LogP contribution in [-0.4, -0.2) is 63.7 Å². The Bertz CT molecular complexity index is 964. The molecular formula is C26H35N3O5. The fourth-order valence-corrected chi connectivity index (χ4v) is 6.89. The maximum Gasteiger partial charge on any atom is 0.246 e. The van der Waals surface area contributed by atoms with E-state index in [0.29, 0.717) is 18.5 Å². The molecule has 5 rings (SSSR count). The number of benzene rings is 1. The molecule has 3 saturated heterocycles. The zero-order valence-electron chi connectivity index (χ0n) is 20.0. The quantitative estimate of drug-likeness (QED) is 0.592. The number of nitrogens with one attached hydrogen (secondary N) is 2. The number of hydrogen-bond donors (Lipinski definition) is 3. The molecule has 184 valence electrons. The number of aliphatic hydroxyl groups is 1. The number of para-hydroxylation sites is 1. The lowest BCUT2D eigenvalue weighted by Crippen LogP contribution is -2.59. The fraction of sp³-hybridized carbons (Fsp3) is 0.654. The molecule has 0 radical (unpaired) electrons. The van der Waals surface area contributed by atoms with E-state index in [2.05, 4.69) is 10.6 Å².